The molecular formula is C16H21N3O2S. The molecule has 2 aromatic rings. The van der Waals surface area contributed by atoms with E-state index >= 15 is 0 Å². The second kappa shape index (κ2) is 7.17. The number of hydrogen-bond donors (Lipinski definition) is 1. The lowest BCUT2D eigenvalue weighted by Crippen LogP contribution is -2.43. The van der Waals surface area contributed by atoms with Crippen molar-refractivity contribution in [2.24, 2.45) is 0 Å². The van der Waals surface area contributed by atoms with E-state index in [9.17, 15) is 4.79 Å². The van der Waals surface area contributed by atoms with Gasteiger partial charge in [0.15, 0.2) is 0 Å². The highest BCUT2D eigenvalue weighted by Crippen LogP contribution is 2.26. The van der Waals surface area contributed by atoms with E-state index in [1.165, 1.54) is 4.70 Å². The van der Waals surface area contributed by atoms with Crippen molar-refractivity contribution in [3.63, 3.8) is 0 Å². The lowest BCUT2D eigenvalue weighted by molar-refractivity contribution is -0.123. The Bertz CT molecular complexity index is 604. The van der Waals surface area contributed by atoms with Crippen molar-refractivity contribution >= 4 is 27.5 Å². The fraction of sp³-hybridized carbons (Fsp3) is 0.500. The van der Waals surface area contributed by atoms with Crippen LogP contribution in [-0.2, 0) is 9.53 Å². The number of amides is 1. The number of morpholine rings is 1. The van der Waals surface area contributed by atoms with Crippen LogP contribution in [-0.4, -0.2) is 55.2 Å². The molecule has 22 heavy (non-hydrogen) atoms. The number of fused-ring (bicyclic) bond motifs is 1. The third-order valence-corrected chi connectivity index (χ3v) is 5.08. The normalized spacial score (nSPS) is 17.5. The summed E-state index contributed by atoms with van der Waals surface area (Å²) in [5, 5.41) is 4.09. The van der Waals surface area contributed by atoms with Crippen molar-refractivity contribution in [3.05, 3.63) is 29.3 Å². The molecule has 0 bridgehead atoms. The summed E-state index contributed by atoms with van der Waals surface area (Å²) in [6, 6.07) is 8.14. The lowest BCUT2D eigenvalue weighted by Gasteiger charge is -2.26. The first-order chi connectivity index (χ1) is 10.7. The van der Waals surface area contributed by atoms with Gasteiger partial charge in [0.2, 0.25) is 5.91 Å². The topological polar surface area (TPSA) is 54.5 Å². The highest BCUT2D eigenvalue weighted by Gasteiger charge is 2.16. The molecule has 1 atom stereocenters. The molecule has 0 radical (unpaired) electrons. The average Bonchev–Trinajstić information content (AvgIpc) is 2.98. The van der Waals surface area contributed by atoms with Crippen LogP contribution in [0.1, 0.15) is 17.8 Å². The standard InChI is InChI=1S/C16H21N3O2S/c1-12(16-18-13-4-2-3-5-14(13)22-16)10-17-15(20)11-19-6-8-21-9-7-19/h2-5,12H,6-11H2,1H3,(H,17,20). The summed E-state index contributed by atoms with van der Waals surface area (Å²) in [6.45, 7) is 6.29. The Morgan fingerprint density at radius 3 is 2.95 bits per heavy atom. The number of aromatic nitrogens is 1. The van der Waals surface area contributed by atoms with E-state index in [1.54, 1.807) is 11.3 Å². The molecule has 1 amide bonds. The first kappa shape index (κ1) is 15.4. The van der Waals surface area contributed by atoms with Crippen molar-refractivity contribution < 1.29 is 9.53 Å². The zero-order valence-corrected chi connectivity index (χ0v) is 13.6. The summed E-state index contributed by atoms with van der Waals surface area (Å²) in [4.78, 5) is 18.8. The van der Waals surface area contributed by atoms with E-state index in [2.05, 4.69) is 28.2 Å². The molecule has 0 saturated carbocycles. The summed E-state index contributed by atoms with van der Waals surface area (Å²) in [5.74, 6) is 0.306. The van der Waals surface area contributed by atoms with E-state index in [0.29, 0.717) is 13.1 Å². The minimum absolute atomic E-state index is 0.0786. The van der Waals surface area contributed by atoms with E-state index in [0.717, 1.165) is 36.8 Å². The van der Waals surface area contributed by atoms with Crippen molar-refractivity contribution in [1.82, 2.24) is 15.2 Å². The third kappa shape index (κ3) is 3.82. The van der Waals surface area contributed by atoms with Gasteiger partial charge < -0.3 is 10.1 Å². The van der Waals surface area contributed by atoms with E-state index in [-0.39, 0.29) is 11.8 Å². The molecule has 0 aliphatic carbocycles. The highest BCUT2D eigenvalue weighted by atomic mass is 32.1. The molecule has 1 aromatic heterocycles. The minimum Gasteiger partial charge on any atom is -0.379 e. The predicted octanol–water partition coefficient (Wildman–Crippen LogP) is 1.85. The quantitative estimate of drug-likeness (QED) is 0.914. The smallest absolute Gasteiger partial charge is 0.234 e. The number of rotatable bonds is 5. The molecule has 0 spiro atoms. The summed E-state index contributed by atoms with van der Waals surface area (Å²) < 4.78 is 6.48. The van der Waals surface area contributed by atoms with Crippen LogP contribution in [0.15, 0.2) is 24.3 Å². The summed E-state index contributed by atoms with van der Waals surface area (Å²) in [5.41, 5.74) is 1.04. The predicted molar refractivity (Wildman–Crippen MR) is 88.3 cm³/mol. The SMILES string of the molecule is CC(CNC(=O)CN1CCOCC1)c1nc2ccccc2s1. The van der Waals surface area contributed by atoms with E-state index in [1.807, 2.05) is 18.2 Å². The van der Waals surface area contributed by atoms with Crippen LogP contribution < -0.4 is 5.32 Å². The fourth-order valence-electron chi connectivity index (χ4n) is 2.47. The van der Waals surface area contributed by atoms with Crippen LogP contribution in [0.3, 0.4) is 0 Å². The van der Waals surface area contributed by atoms with Gasteiger partial charge in [-0.3, -0.25) is 9.69 Å². The molecule has 6 heteroatoms. The lowest BCUT2D eigenvalue weighted by atomic mass is 10.2. The van der Waals surface area contributed by atoms with Crippen LogP contribution in [0.4, 0.5) is 0 Å². The van der Waals surface area contributed by atoms with Crippen LogP contribution in [0.25, 0.3) is 10.2 Å². The first-order valence-electron chi connectivity index (χ1n) is 7.64. The maximum absolute atomic E-state index is 12.0. The van der Waals surface area contributed by atoms with Gasteiger partial charge in [-0.2, -0.15) is 0 Å². The van der Waals surface area contributed by atoms with Gasteiger partial charge in [-0.25, -0.2) is 4.98 Å². The Hall–Kier alpha value is -1.50. The van der Waals surface area contributed by atoms with Gasteiger partial charge in [-0.1, -0.05) is 19.1 Å². The van der Waals surface area contributed by atoms with Crippen LogP contribution in [0.5, 0.6) is 0 Å². The number of nitrogens with one attached hydrogen (secondary N) is 1. The number of ether oxygens (including phenoxy) is 1. The number of carbonyl (C=O) groups excluding carboxylic acids is 1. The molecule has 2 heterocycles. The number of thiazole rings is 1. The fourth-order valence-corrected chi connectivity index (χ4v) is 3.49. The van der Waals surface area contributed by atoms with Gasteiger partial charge in [-0.05, 0) is 12.1 Å². The van der Waals surface area contributed by atoms with Crippen LogP contribution in [0.2, 0.25) is 0 Å². The Kier molecular flexibility index (Phi) is 5.02. The largest absolute Gasteiger partial charge is 0.379 e. The zero-order chi connectivity index (χ0) is 15.4. The van der Waals surface area contributed by atoms with Crippen LogP contribution >= 0.6 is 11.3 Å². The third-order valence-electron chi connectivity index (χ3n) is 3.81. The Morgan fingerprint density at radius 2 is 2.18 bits per heavy atom. The second-order valence-electron chi connectivity index (χ2n) is 5.61. The summed E-state index contributed by atoms with van der Waals surface area (Å²) in [6.07, 6.45) is 0. The van der Waals surface area contributed by atoms with Gasteiger partial charge in [0.05, 0.1) is 35.0 Å². The van der Waals surface area contributed by atoms with Gasteiger partial charge in [0.1, 0.15) is 0 Å². The molecule has 5 nitrogen and oxygen atoms in total. The van der Waals surface area contributed by atoms with Gasteiger partial charge in [-0.15, -0.1) is 11.3 Å². The van der Waals surface area contributed by atoms with Crippen molar-refractivity contribution in [3.8, 4) is 0 Å². The molecule has 1 unspecified atom stereocenters. The molecule has 118 valence electrons. The van der Waals surface area contributed by atoms with E-state index < -0.39 is 0 Å². The van der Waals surface area contributed by atoms with Crippen LogP contribution in [0, 0.1) is 0 Å². The summed E-state index contributed by atoms with van der Waals surface area (Å²) >= 11 is 1.70. The maximum Gasteiger partial charge on any atom is 0.234 e. The zero-order valence-electron chi connectivity index (χ0n) is 12.7. The van der Waals surface area contributed by atoms with Gasteiger partial charge >= 0.3 is 0 Å². The molecule has 1 fully saturated rings. The molecule has 3 rings (SSSR count). The number of nitrogens with zero attached hydrogens (tertiary/aromatic N) is 2. The van der Waals surface area contributed by atoms with Crippen molar-refractivity contribution in [1.29, 1.82) is 0 Å². The molecule has 1 saturated heterocycles. The average molecular weight is 319 g/mol. The Labute approximate surface area is 134 Å². The van der Waals surface area contributed by atoms with Crippen molar-refractivity contribution in [2.75, 3.05) is 39.4 Å². The minimum atomic E-state index is 0.0786. The summed E-state index contributed by atoms with van der Waals surface area (Å²) in [7, 11) is 0. The Morgan fingerprint density at radius 1 is 1.41 bits per heavy atom. The highest BCUT2D eigenvalue weighted by molar-refractivity contribution is 7.18. The van der Waals surface area contributed by atoms with Gasteiger partial charge in [0, 0.05) is 25.6 Å². The van der Waals surface area contributed by atoms with Gasteiger partial charge in [0.25, 0.3) is 0 Å². The maximum atomic E-state index is 12.0. The van der Waals surface area contributed by atoms with Crippen molar-refractivity contribution in [2.45, 2.75) is 12.8 Å². The number of hydrogen-bond acceptors (Lipinski definition) is 5. The first-order valence-corrected chi connectivity index (χ1v) is 8.46. The monoisotopic (exact) mass is 319 g/mol. The molecule has 1 N–H and O–H groups in total. The number of carbonyl (C=O) groups is 1. The molecule has 1 aromatic carbocycles. The molecular weight excluding hydrogens is 298 g/mol. The number of benzene rings is 1. The number of para-hydroxylation sites is 1. The molecule has 1 aliphatic heterocycles. The Balaban J connectivity index is 1.50. The molecule has 1 aliphatic rings. The second-order valence-corrected chi connectivity index (χ2v) is 6.68. The van der Waals surface area contributed by atoms with E-state index in [4.69, 9.17) is 4.74 Å².